The molecule has 2 heterocycles. The maximum Gasteiger partial charge on any atom is 0.410 e. The molecule has 1 unspecified atom stereocenters. The fourth-order valence-corrected chi connectivity index (χ4v) is 4.35. The summed E-state index contributed by atoms with van der Waals surface area (Å²) in [5.74, 6) is 0.850. The molecule has 1 aromatic heterocycles. The Kier molecular flexibility index (Phi) is 3.97. The summed E-state index contributed by atoms with van der Waals surface area (Å²) in [5.41, 5.74) is 3.16. The van der Waals surface area contributed by atoms with Crippen molar-refractivity contribution in [1.29, 1.82) is 0 Å². The zero-order valence-corrected chi connectivity index (χ0v) is 16.4. The Morgan fingerprint density at radius 2 is 2.07 bits per heavy atom. The molecule has 1 spiro atoms. The van der Waals surface area contributed by atoms with Crippen LogP contribution in [0.15, 0.2) is 53.0 Å². The topological polar surface area (TPSA) is 58.2 Å². The molecule has 5 nitrogen and oxygen atoms in total. The highest BCUT2D eigenvalue weighted by molar-refractivity contribution is 9.10. The monoisotopic (exact) mass is 425 g/mol. The molecular formula is C21H20BrN3O2. The molecule has 0 radical (unpaired) electrons. The lowest BCUT2D eigenvalue weighted by Crippen LogP contribution is -2.32. The van der Waals surface area contributed by atoms with Crippen LogP contribution in [0.3, 0.4) is 0 Å². The first-order valence-corrected chi connectivity index (χ1v) is 10.0. The van der Waals surface area contributed by atoms with Crippen LogP contribution in [0.25, 0.3) is 11.0 Å². The van der Waals surface area contributed by atoms with Gasteiger partial charge in [-0.05, 0) is 48.4 Å². The van der Waals surface area contributed by atoms with Gasteiger partial charge in [0.1, 0.15) is 12.4 Å². The fourth-order valence-electron chi connectivity index (χ4n) is 3.99. The lowest BCUT2D eigenvalue weighted by atomic mass is 10.0. The third kappa shape index (κ3) is 3.23. The summed E-state index contributed by atoms with van der Waals surface area (Å²) in [6.07, 6.45) is 3.05. The Hall–Kier alpha value is -2.34. The van der Waals surface area contributed by atoms with Crippen molar-refractivity contribution in [3.8, 4) is 0 Å². The Balaban J connectivity index is 1.38. The third-order valence-electron chi connectivity index (χ3n) is 5.68. The Morgan fingerprint density at radius 1 is 1.26 bits per heavy atom. The first kappa shape index (κ1) is 16.8. The van der Waals surface area contributed by atoms with Crippen LogP contribution < -0.4 is 0 Å². The van der Waals surface area contributed by atoms with Gasteiger partial charge in [0.25, 0.3) is 0 Å². The molecule has 1 N–H and O–H groups in total. The van der Waals surface area contributed by atoms with Gasteiger partial charge in [-0.1, -0.05) is 46.3 Å². The van der Waals surface area contributed by atoms with Crippen LogP contribution in [-0.4, -0.2) is 27.5 Å². The van der Waals surface area contributed by atoms with Crippen molar-refractivity contribution >= 4 is 33.1 Å². The normalized spacial score (nSPS) is 20.3. The van der Waals surface area contributed by atoms with E-state index >= 15 is 0 Å². The van der Waals surface area contributed by atoms with Gasteiger partial charge in [-0.15, -0.1) is 0 Å². The summed E-state index contributed by atoms with van der Waals surface area (Å²) in [5, 5.41) is 0. The van der Waals surface area contributed by atoms with Gasteiger partial charge in [0.05, 0.1) is 17.1 Å². The van der Waals surface area contributed by atoms with E-state index in [4.69, 9.17) is 9.72 Å². The van der Waals surface area contributed by atoms with Crippen molar-refractivity contribution in [3.05, 3.63) is 64.4 Å². The zero-order valence-electron chi connectivity index (χ0n) is 14.8. The van der Waals surface area contributed by atoms with Crippen molar-refractivity contribution < 1.29 is 9.53 Å². The fraction of sp³-hybridized carbons (Fsp3) is 0.333. The molecule has 2 aromatic carbocycles. The number of aromatic nitrogens is 2. The zero-order chi connectivity index (χ0) is 18.4. The Bertz CT molecular complexity index is 997. The molecule has 27 heavy (non-hydrogen) atoms. The molecule has 5 rings (SSSR count). The van der Waals surface area contributed by atoms with Gasteiger partial charge in [0, 0.05) is 11.0 Å². The molecule has 2 aliphatic rings. The van der Waals surface area contributed by atoms with Gasteiger partial charge < -0.3 is 9.72 Å². The molecule has 1 aliphatic carbocycles. The number of rotatable bonds is 3. The second-order valence-electron chi connectivity index (χ2n) is 7.67. The number of ether oxygens (including phenoxy) is 1. The predicted octanol–water partition coefficient (Wildman–Crippen LogP) is 5.19. The van der Waals surface area contributed by atoms with Crippen molar-refractivity contribution in [1.82, 2.24) is 14.9 Å². The highest BCUT2D eigenvalue weighted by Crippen LogP contribution is 2.58. The van der Waals surface area contributed by atoms with Gasteiger partial charge in [-0.25, -0.2) is 9.78 Å². The van der Waals surface area contributed by atoms with Crippen LogP contribution in [0.2, 0.25) is 0 Å². The Labute approximate surface area is 165 Å². The quantitative estimate of drug-likeness (QED) is 0.627. The molecule has 1 saturated heterocycles. The molecule has 6 heteroatoms. The minimum absolute atomic E-state index is 0.0538. The van der Waals surface area contributed by atoms with Crippen molar-refractivity contribution in [2.24, 2.45) is 5.41 Å². The largest absolute Gasteiger partial charge is 0.445 e. The van der Waals surface area contributed by atoms with Crippen molar-refractivity contribution in [3.63, 3.8) is 0 Å². The number of benzene rings is 2. The van der Waals surface area contributed by atoms with E-state index in [2.05, 4.69) is 20.9 Å². The number of likely N-dealkylation sites (tertiary alicyclic amines) is 1. The van der Waals surface area contributed by atoms with Crippen molar-refractivity contribution in [2.75, 3.05) is 6.54 Å². The van der Waals surface area contributed by atoms with Crippen molar-refractivity contribution in [2.45, 2.75) is 31.9 Å². The van der Waals surface area contributed by atoms with Crippen LogP contribution in [0, 0.1) is 5.41 Å². The van der Waals surface area contributed by atoms with E-state index in [9.17, 15) is 4.79 Å². The molecular weight excluding hydrogens is 406 g/mol. The van der Waals surface area contributed by atoms with Crippen LogP contribution in [0.5, 0.6) is 0 Å². The van der Waals surface area contributed by atoms with E-state index in [1.54, 1.807) is 0 Å². The maximum absolute atomic E-state index is 12.8. The molecule has 3 aromatic rings. The smallest absolute Gasteiger partial charge is 0.410 e. The maximum atomic E-state index is 12.8. The molecule has 2 fully saturated rings. The summed E-state index contributed by atoms with van der Waals surface area (Å²) in [4.78, 5) is 22.9. The number of halogens is 1. The first-order chi connectivity index (χ1) is 13.1. The number of hydrogen-bond donors (Lipinski definition) is 1. The molecule has 138 valence electrons. The SMILES string of the molecule is O=C(OCc1ccccc1)N1CC2(CC2)CC1c1nc2ccc(Br)cc2[nH]1. The van der Waals surface area contributed by atoms with Gasteiger partial charge in [0.2, 0.25) is 0 Å². The second-order valence-corrected chi connectivity index (χ2v) is 8.59. The summed E-state index contributed by atoms with van der Waals surface area (Å²) in [6.45, 7) is 1.05. The molecule has 1 atom stereocenters. The van der Waals surface area contributed by atoms with Crippen LogP contribution in [0.1, 0.15) is 36.7 Å². The van der Waals surface area contributed by atoms with E-state index in [0.717, 1.165) is 39.9 Å². The van der Waals surface area contributed by atoms with Gasteiger partial charge >= 0.3 is 6.09 Å². The van der Waals surface area contributed by atoms with Gasteiger partial charge in [0.15, 0.2) is 0 Å². The average Bonchev–Trinajstić information content (AvgIpc) is 3.12. The number of aromatic amines is 1. The number of amides is 1. The summed E-state index contributed by atoms with van der Waals surface area (Å²) in [7, 11) is 0. The molecule has 1 aliphatic heterocycles. The average molecular weight is 426 g/mol. The standard InChI is InChI=1S/C21H20BrN3O2/c22-15-6-7-16-17(10-15)24-19(23-16)18-11-21(8-9-21)13-25(18)20(26)27-12-14-4-2-1-3-5-14/h1-7,10,18H,8-9,11-13H2,(H,23,24). The van der Waals surface area contributed by atoms with E-state index in [-0.39, 0.29) is 17.6 Å². The highest BCUT2D eigenvalue weighted by atomic mass is 79.9. The summed E-state index contributed by atoms with van der Waals surface area (Å²) in [6, 6.07) is 15.7. The lowest BCUT2D eigenvalue weighted by Gasteiger charge is -2.22. The lowest BCUT2D eigenvalue weighted by molar-refractivity contribution is 0.0899. The minimum Gasteiger partial charge on any atom is -0.445 e. The van der Waals surface area contributed by atoms with Gasteiger partial charge in [-0.2, -0.15) is 0 Å². The van der Waals surface area contributed by atoms with Gasteiger partial charge in [-0.3, -0.25) is 4.90 Å². The molecule has 0 bridgehead atoms. The third-order valence-corrected chi connectivity index (χ3v) is 6.18. The number of imidazole rings is 1. The number of hydrogen-bond acceptors (Lipinski definition) is 3. The minimum atomic E-state index is -0.255. The summed E-state index contributed by atoms with van der Waals surface area (Å²) >= 11 is 3.50. The van der Waals surface area contributed by atoms with Crippen LogP contribution >= 0.6 is 15.9 Å². The van der Waals surface area contributed by atoms with E-state index in [1.165, 1.54) is 12.8 Å². The van der Waals surface area contributed by atoms with E-state index < -0.39 is 0 Å². The van der Waals surface area contributed by atoms with Crippen LogP contribution in [0.4, 0.5) is 4.79 Å². The van der Waals surface area contributed by atoms with E-state index in [1.807, 2.05) is 53.4 Å². The number of carbonyl (C=O) groups is 1. The number of nitrogens with zero attached hydrogens (tertiary/aromatic N) is 2. The number of fused-ring (bicyclic) bond motifs is 1. The summed E-state index contributed by atoms with van der Waals surface area (Å²) < 4.78 is 6.62. The second kappa shape index (κ2) is 6.37. The molecule has 1 amide bonds. The van der Waals surface area contributed by atoms with Crippen LogP contribution in [-0.2, 0) is 11.3 Å². The number of carbonyl (C=O) groups excluding carboxylic acids is 1. The number of nitrogens with one attached hydrogen (secondary N) is 1. The Morgan fingerprint density at radius 3 is 2.85 bits per heavy atom. The van der Waals surface area contributed by atoms with E-state index in [0.29, 0.717) is 6.61 Å². The number of H-pyrrole nitrogens is 1. The molecule has 1 saturated carbocycles. The predicted molar refractivity (Wildman–Crippen MR) is 106 cm³/mol. The first-order valence-electron chi connectivity index (χ1n) is 9.24. The highest BCUT2D eigenvalue weighted by Gasteiger charge is 2.54.